The molecule has 0 spiro atoms. The van der Waals surface area contributed by atoms with Crippen LogP contribution in [0.5, 0.6) is 0 Å². The second-order valence-corrected chi connectivity index (χ2v) is 6.40. The maximum absolute atomic E-state index is 11.7. The Hall–Kier alpha value is -1.57. The van der Waals surface area contributed by atoms with E-state index >= 15 is 0 Å². The topological polar surface area (TPSA) is 29.1 Å². The highest BCUT2D eigenvalue weighted by atomic mass is 16.1. The van der Waals surface area contributed by atoms with Gasteiger partial charge in [-0.2, -0.15) is 0 Å². The van der Waals surface area contributed by atoms with Crippen LogP contribution in [0.4, 0.5) is 0 Å². The summed E-state index contributed by atoms with van der Waals surface area (Å²) in [6, 6.07) is 8.59. The van der Waals surface area contributed by atoms with Gasteiger partial charge in [0.2, 0.25) is 5.91 Å². The number of rotatable bonds is 5. The first kappa shape index (κ1) is 16.5. The van der Waals surface area contributed by atoms with E-state index in [2.05, 4.69) is 57.3 Å². The molecule has 0 aliphatic carbocycles. The first-order valence-corrected chi connectivity index (χ1v) is 7.42. The molecule has 1 amide bonds. The Labute approximate surface area is 123 Å². The third-order valence-corrected chi connectivity index (χ3v) is 3.31. The zero-order valence-electron chi connectivity index (χ0n) is 13.4. The quantitative estimate of drug-likeness (QED) is 0.796. The zero-order chi connectivity index (χ0) is 15.2. The first-order valence-electron chi connectivity index (χ1n) is 7.42. The molecule has 1 aromatic carbocycles. The molecule has 2 nitrogen and oxygen atoms in total. The maximum Gasteiger partial charge on any atom is 0.244 e. The summed E-state index contributed by atoms with van der Waals surface area (Å²) >= 11 is 0. The molecule has 0 saturated heterocycles. The summed E-state index contributed by atoms with van der Waals surface area (Å²) in [6.07, 6.45) is 5.57. The van der Waals surface area contributed by atoms with Crippen LogP contribution in [0, 0.1) is 0 Å². The molecule has 0 radical (unpaired) electrons. The molecule has 110 valence electrons. The second kappa shape index (κ2) is 7.28. The van der Waals surface area contributed by atoms with Gasteiger partial charge in [-0.05, 0) is 36.0 Å². The van der Waals surface area contributed by atoms with E-state index in [1.54, 1.807) is 6.08 Å². The van der Waals surface area contributed by atoms with E-state index in [0.29, 0.717) is 0 Å². The van der Waals surface area contributed by atoms with E-state index in [0.717, 1.165) is 18.4 Å². The molecule has 2 heteroatoms. The van der Waals surface area contributed by atoms with Gasteiger partial charge in [0.1, 0.15) is 0 Å². The highest BCUT2D eigenvalue weighted by Gasteiger charge is 2.12. The smallest absolute Gasteiger partial charge is 0.244 e. The van der Waals surface area contributed by atoms with Crippen molar-refractivity contribution in [3.05, 3.63) is 41.5 Å². The highest BCUT2D eigenvalue weighted by molar-refractivity contribution is 5.91. The Kier molecular flexibility index (Phi) is 6.00. The third-order valence-electron chi connectivity index (χ3n) is 3.31. The van der Waals surface area contributed by atoms with Gasteiger partial charge in [-0.25, -0.2) is 0 Å². The lowest BCUT2D eigenvalue weighted by Crippen LogP contribution is -2.30. The molecule has 0 aliphatic heterocycles. The lowest BCUT2D eigenvalue weighted by molar-refractivity contribution is -0.117. The molecule has 0 heterocycles. The summed E-state index contributed by atoms with van der Waals surface area (Å²) in [5.74, 6) is -0.0224. The van der Waals surface area contributed by atoms with Crippen molar-refractivity contribution in [1.82, 2.24) is 5.32 Å². The molecule has 1 aromatic rings. The van der Waals surface area contributed by atoms with Crippen LogP contribution >= 0.6 is 0 Å². The summed E-state index contributed by atoms with van der Waals surface area (Å²) in [4.78, 5) is 11.7. The van der Waals surface area contributed by atoms with Crippen LogP contribution in [0.25, 0.3) is 6.08 Å². The Bertz CT molecular complexity index is 451. The number of carbonyl (C=O) groups is 1. The summed E-state index contributed by atoms with van der Waals surface area (Å²) in [5.41, 5.74) is 2.52. The van der Waals surface area contributed by atoms with Crippen molar-refractivity contribution in [2.45, 2.75) is 58.9 Å². The average Bonchev–Trinajstić information content (AvgIpc) is 2.36. The van der Waals surface area contributed by atoms with E-state index in [4.69, 9.17) is 0 Å². The average molecular weight is 273 g/mol. The molecule has 0 aliphatic rings. The van der Waals surface area contributed by atoms with Crippen LogP contribution < -0.4 is 5.32 Å². The van der Waals surface area contributed by atoms with Gasteiger partial charge in [-0.15, -0.1) is 0 Å². The monoisotopic (exact) mass is 273 g/mol. The third kappa shape index (κ3) is 5.60. The summed E-state index contributed by atoms with van der Waals surface area (Å²) in [6.45, 7) is 10.7. The maximum atomic E-state index is 11.7. The molecule has 0 bridgehead atoms. The number of amides is 1. The van der Waals surface area contributed by atoms with Crippen LogP contribution in [0.3, 0.4) is 0 Å². The molecule has 0 saturated carbocycles. The minimum Gasteiger partial charge on any atom is -0.350 e. The van der Waals surface area contributed by atoms with Crippen molar-refractivity contribution in [2.75, 3.05) is 0 Å². The molecular formula is C18H27NO. The van der Waals surface area contributed by atoms with Gasteiger partial charge in [0, 0.05) is 12.1 Å². The normalized spacial score (nSPS) is 13.4. The summed E-state index contributed by atoms with van der Waals surface area (Å²) in [7, 11) is 0. The minimum atomic E-state index is -0.0224. The Morgan fingerprint density at radius 2 is 1.85 bits per heavy atom. The van der Waals surface area contributed by atoms with Crippen molar-refractivity contribution in [3.63, 3.8) is 0 Å². The molecule has 0 unspecified atom stereocenters. The standard InChI is InChI=1S/C18H27NO/c1-6-7-14(2)19-17(20)13-10-15-8-11-16(12-9-15)18(3,4)5/h8-14H,6-7H2,1-5H3,(H,19,20)/b13-10+/t14-/m1/s1. The second-order valence-electron chi connectivity index (χ2n) is 6.40. The predicted octanol–water partition coefficient (Wildman–Crippen LogP) is 4.30. The lowest BCUT2D eigenvalue weighted by Gasteiger charge is -2.18. The van der Waals surface area contributed by atoms with Crippen molar-refractivity contribution in [3.8, 4) is 0 Å². The van der Waals surface area contributed by atoms with Gasteiger partial charge in [0.05, 0.1) is 0 Å². The molecule has 0 aromatic heterocycles. The SMILES string of the molecule is CCC[C@@H](C)NC(=O)/C=C/c1ccc(C(C)(C)C)cc1. The first-order chi connectivity index (χ1) is 9.32. The van der Waals surface area contributed by atoms with Crippen molar-refractivity contribution in [2.24, 2.45) is 0 Å². The van der Waals surface area contributed by atoms with Crippen molar-refractivity contribution < 1.29 is 4.79 Å². The van der Waals surface area contributed by atoms with Gasteiger partial charge in [-0.1, -0.05) is 58.4 Å². The summed E-state index contributed by atoms with van der Waals surface area (Å²) < 4.78 is 0. The molecule has 0 fully saturated rings. The van der Waals surface area contributed by atoms with Crippen molar-refractivity contribution >= 4 is 12.0 Å². The zero-order valence-corrected chi connectivity index (χ0v) is 13.4. The Morgan fingerprint density at radius 1 is 1.25 bits per heavy atom. The van der Waals surface area contributed by atoms with Gasteiger partial charge < -0.3 is 5.32 Å². The van der Waals surface area contributed by atoms with Gasteiger partial charge >= 0.3 is 0 Å². The van der Waals surface area contributed by atoms with Crippen LogP contribution in [-0.4, -0.2) is 11.9 Å². The largest absolute Gasteiger partial charge is 0.350 e. The van der Waals surface area contributed by atoms with E-state index in [-0.39, 0.29) is 17.4 Å². The van der Waals surface area contributed by atoms with Crippen LogP contribution in [-0.2, 0) is 10.2 Å². The van der Waals surface area contributed by atoms with Gasteiger partial charge in [0.15, 0.2) is 0 Å². The predicted molar refractivity (Wildman–Crippen MR) is 86.7 cm³/mol. The molecule has 20 heavy (non-hydrogen) atoms. The Balaban J connectivity index is 2.60. The van der Waals surface area contributed by atoms with Gasteiger partial charge in [-0.3, -0.25) is 4.79 Å². The fourth-order valence-electron chi connectivity index (χ4n) is 2.06. The number of carbonyl (C=O) groups excluding carboxylic acids is 1. The van der Waals surface area contributed by atoms with E-state index < -0.39 is 0 Å². The summed E-state index contributed by atoms with van der Waals surface area (Å²) in [5, 5.41) is 2.96. The highest BCUT2D eigenvalue weighted by Crippen LogP contribution is 2.22. The fourth-order valence-corrected chi connectivity index (χ4v) is 2.06. The number of benzene rings is 1. The van der Waals surface area contributed by atoms with E-state index in [9.17, 15) is 4.79 Å². The van der Waals surface area contributed by atoms with Crippen molar-refractivity contribution in [1.29, 1.82) is 0 Å². The Morgan fingerprint density at radius 3 is 2.35 bits per heavy atom. The number of nitrogens with one attached hydrogen (secondary N) is 1. The van der Waals surface area contributed by atoms with Crippen LogP contribution in [0.1, 0.15) is 58.6 Å². The lowest BCUT2D eigenvalue weighted by atomic mass is 9.87. The van der Waals surface area contributed by atoms with E-state index in [1.165, 1.54) is 5.56 Å². The number of hydrogen-bond donors (Lipinski definition) is 1. The molecule has 1 N–H and O–H groups in total. The molecular weight excluding hydrogens is 246 g/mol. The molecule has 1 rings (SSSR count). The van der Waals surface area contributed by atoms with Gasteiger partial charge in [0.25, 0.3) is 0 Å². The molecule has 1 atom stereocenters. The number of hydrogen-bond acceptors (Lipinski definition) is 1. The van der Waals surface area contributed by atoms with Crippen LogP contribution in [0.2, 0.25) is 0 Å². The van der Waals surface area contributed by atoms with E-state index in [1.807, 2.05) is 13.0 Å². The van der Waals surface area contributed by atoms with Crippen LogP contribution in [0.15, 0.2) is 30.3 Å². The fraction of sp³-hybridized carbons (Fsp3) is 0.500. The minimum absolute atomic E-state index is 0.0224.